The zero-order valence-electron chi connectivity index (χ0n) is 7.56. The number of benzene rings is 1. The highest BCUT2D eigenvalue weighted by atomic mass is 79.9. The van der Waals surface area contributed by atoms with E-state index in [1.807, 2.05) is 0 Å². The predicted molar refractivity (Wildman–Crippen MR) is 57.4 cm³/mol. The maximum absolute atomic E-state index is 12.4. The summed E-state index contributed by atoms with van der Waals surface area (Å²) in [4.78, 5) is 0. The fourth-order valence-electron chi connectivity index (χ4n) is 0.962. The molecular weight excluding hydrogens is 298 g/mol. The SMILES string of the molecule is COc1cc(Br)c(N)cc1C(F)(F)F.Cl. The second-order valence-electron chi connectivity index (χ2n) is 2.57. The van der Waals surface area contributed by atoms with E-state index in [0.717, 1.165) is 6.07 Å². The standard InChI is InChI=1S/C8H7BrF3NO.ClH/c1-14-7-3-5(9)6(13)2-4(7)8(10,11)12;/h2-3H,13H2,1H3;1H. The Bertz CT molecular complexity index is 356. The van der Waals surface area contributed by atoms with E-state index in [0.29, 0.717) is 4.47 Å². The summed E-state index contributed by atoms with van der Waals surface area (Å²) in [6.45, 7) is 0. The zero-order valence-corrected chi connectivity index (χ0v) is 9.96. The largest absolute Gasteiger partial charge is 0.496 e. The van der Waals surface area contributed by atoms with Crippen LogP contribution in [0.1, 0.15) is 5.56 Å². The Hall–Kier alpha value is -0.620. The number of hydrogen-bond donors (Lipinski definition) is 1. The van der Waals surface area contributed by atoms with Crippen molar-refractivity contribution >= 4 is 34.0 Å². The van der Waals surface area contributed by atoms with Crippen LogP contribution in [0, 0.1) is 0 Å². The van der Waals surface area contributed by atoms with Crippen LogP contribution in [-0.2, 0) is 6.18 Å². The number of hydrogen-bond acceptors (Lipinski definition) is 2. The van der Waals surface area contributed by atoms with Crippen LogP contribution in [0.4, 0.5) is 18.9 Å². The van der Waals surface area contributed by atoms with Crippen molar-refractivity contribution in [2.75, 3.05) is 12.8 Å². The smallest absolute Gasteiger partial charge is 0.420 e. The number of alkyl halides is 3. The van der Waals surface area contributed by atoms with Crippen LogP contribution in [0.25, 0.3) is 0 Å². The Labute approximate surface area is 99.1 Å². The van der Waals surface area contributed by atoms with E-state index < -0.39 is 11.7 Å². The summed E-state index contributed by atoms with van der Waals surface area (Å²) in [6.07, 6.45) is -4.46. The molecule has 0 atom stereocenters. The van der Waals surface area contributed by atoms with E-state index >= 15 is 0 Å². The van der Waals surface area contributed by atoms with Gasteiger partial charge in [0.1, 0.15) is 5.75 Å². The highest BCUT2D eigenvalue weighted by molar-refractivity contribution is 9.10. The summed E-state index contributed by atoms with van der Waals surface area (Å²) < 4.78 is 42.2. The van der Waals surface area contributed by atoms with Crippen LogP contribution in [0.15, 0.2) is 16.6 Å². The Kier molecular flexibility index (Phi) is 4.73. The minimum Gasteiger partial charge on any atom is -0.496 e. The number of ether oxygens (including phenoxy) is 1. The monoisotopic (exact) mass is 305 g/mol. The predicted octanol–water partition coefficient (Wildman–Crippen LogP) is 3.48. The first kappa shape index (κ1) is 14.4. The maximum atomic E-state index is 12.4. The van der Waals surface area contributed by atoms with Crippen LogP contribution in [-0.4, -0.2) is 7.11 Å². The third kappa shape index (κ3) is 3.17. The van der Waals surface area contributed by atoms with Gasteiger partial charge >= 0.3 is 6.18 Å². The van der Waals surface area contributed by atoms with Crippen molar-refractivity contribution in [3.63, 3.8) is 0 Å². The van der Waals surface area contributed by atoms with Gasteiger partial charge in [0.25, 0.3) is 0 Å². The molecule has 0 unspecified atom stereocenters. The van der Waals surface area contributed by atoms with Gasteiger partial charge in [-0.3, -0.25) is 0 Å². The Balaban J connectivity index is 0.00000196. The molecular formula is C8H8BrClF3NO. The van der Waals surface area contributed by atoms with E-state index in [1.165, 1.54) is 13.2 Å². The van der Waals surface area contributed by atoms with Gasteiger partial charge < -0.3 is 10.5 Å². The van der Waals surface area contributed by atoms with E-state index in [-0.39, 0.29) is 23.8 Å². The summed E-state index contributed by atoms with van der Waals surface area (Å²) >= 11 is 3.02. The lowest BCUT2D eigenvalue weighted by Gasteiger charge is -2.13. The van der Waals surface area contributed by atoms with Crippen molar-refractivity contribution < 1.29 is 17.9 Å². The summed E-state index contributed by atoms with van der Waals surface area (Å²) in [6, 6.07) is 2.03. The molecule has 0 saturated heterocycles. The van der Waals surface area contributed by atoms with Gasteiger partial charge in [-0.05, 0) is 28.1 Å². The van der Waals surface area contributed by atoms with Crippen molar-refractivity contribution in [1.82, 2.24) is 0 Å². The lowest BCUT2D eigenvalue weighted by atomic mass is 10.1. The quantitative estimate of drug-likeness (QED) is 0.806. The number of nitrogen functional groups attached to an aromatic ring is 1. The summed E-state index contributed by atoms with van der Waals surface area (Å²) in [5, 5.41) is 0. The number of anilines is 1. The highest BCUT2D eigenvalue weighted by Crippen LogP contribution is 2.39. The first-order chi connectivity index (χ1) is 6.36. The molecule has 0 bridgehead atoms. The van der Waals surface area contributed by atoms with Crippen molar-refractivity contribution in [2.24, 2.45) is 0 Å². The van der Waals surface area contributed by atoms with Crippen molar-refractivity contribution in [1.29, 1.82) is 0 Å². The molecule has 7 heteroatoms. The van der Waals surface area contributed by atoms with Gasteiger partial charge in [-0.1, -0.05) is 0 Å². The topological polar surface area (TPSA) is 35.2 Å². The maximum Gasteiger partial charge on any atom is 0.420 e. The molecule has 2 nitrogen and oxygen atoms in total. The van der Waals surface area contributed by atoms with E-state index in [2.05, 4.69) is 20.7 Å². The molecule has 0 aliphatic rings. The van der Waals surface area contributed by atoms with Gasteiger partial charge in [-0.15, -0.1) is 12.4 Å². The average molecular weight is 307 g/mol. The molecule has 86 valence electrons. The molecule has 0 aliphatic carbocycles. The van der Waals surface area contributed by atoms with Crippen LogP contribution < -0.4 is 10.5 Å². The number of methoxy groups -OCH3 is 1. The lowest BCUT2D eigenvalue weighted by molar-refractivity contribution is -0.138. The Morgan fingerprint density at radius 2 is 1.87 bits per heavy atom. The average Bonchev–Trinajstić information content (AvgIpc) is 2.07. The third-order valence-corrected chi connectivity index (χ3v) is 2.31. The van der Waals surface area contributed by atoms with Crippen LogP contribution >= 0.6 is 28.3 Å². The summed E-state index contributed by atoms with van der Waals surface area (Å²) in [7, 11) is 1.17. The molecule has 0 heterocycles. The lowest BCUT2D eigenvalue weighted by Crippen LogP contribution is -2.08. The van der Waals surface area contributed by atoms with Crippen LogP contribution in [0.5, 0.6) is 5.75 Å². The zero-order chi connectivity index (χ0) is 10.9. The molecule has 1 aromatic rings. The van der Waals surface area contributed by atoms with Gasteiger partial charge in [-0.2, -0.15) is 13.2 Å². The molecule has 1 aromatic carbocycles. The first-order valence-corrected chi connectivity index (χ1v) is 4.35. The third-order valence-electron chi connectivity index (χ3n) is 1.62. The molecule has 2 N–H and O–H groups in total. The van der Waals surface area contributed by atoms with E-state index in [9.17, 15) is 13.2 Å². The van der Waals surface area contributed by atoms with Crippen LogP contribution in [0.2, 0.25) is 0 Å². The van der Waals surface area contributed by atoms with Crippen molar-refractivity contribution in [3.8, 4) is 5.75 Å². The normalized spacial score (nSPS) is 10.7. The number of rotatable bonds is 1. The van der Waals surface area contributed by atoms with E-state index in [4.69, 9.17) is 5.73 Å². The summed E-state index contributed by atoms with van der Waals surface area (Å²) in [5.41, 5.74) is 4.49. The Morgan fingerprint density at radius 3 is 2.27 bits per heavy atom. The van der Waals surface area contributed by atoms with Crippen molar-refractivity contribution in [3.05, 3.63) is 22.2 Å². The van der Waals surface area contributed by atoms with Gasteiger partial charge in [0.15, 0.2) is 0 Å². The van der Waals surface area contributed by atoms with E-state index in [1.54, 1.807) is 0 Å². The molecule has 0 radical (unpaired) electrons. The molecule has 0 aliphatic heterocycles. The minimum absolute atomic E-state index is 0. The van der Waals surface area contributed by atoms with Crippen molar-refractivity contribution in [2.45, 2.75) is 6.18 Å². The summed E-state index contributed by atoms with van der Waals surface area (Å²) in [5.74, 6) is -0.251. The minimum atomic E-state index is -4.46. The first-order valence-electron chi connectivity index (χ1n) is 3.56. The second kappa shape index (κ2) is 4.94. The van der Waals surface area contributed by atoms with Gasteiger partial charge in [-0.25, -0.2) is 0 Å². The molecule has 0 amide bonds. The molecule has 0 aromatic heterocycles. The number of nitrogens with two attached hydrogens (primary N) is 1. The van der Waals surface area contributed by atoms with Gasteiger partial charge in [0.05, 0.1) is 12.7 Å². The van der Waals surface area contributed by atoms with Gasteiger partial charge in [0.2, 0.25) is 0 Å². The van der Waals surface area contributed by atoms with Gasteiger partial charge in [0, 0.05) is 10.2 Å². The molecule has 0 spiro atoms. The molecule has 0 fully saturated rings. The molecule has 1 rings (SSSR count). The molecule has 15 heavy (non-hydrogen) atoms. The highest BCUT2D eigenvalue weighted by Gasteiger charge is 2.34. The second-order valence-corrected chi connectivity index (χ2v) is 3.43. The fourth-order valence-corrected chi connectivity index (χ4v) is 1.28. The number of halogens is 5. The van der Waals surface area contributed by atoms with Crippen LogP contribution in [0.3, 0.4) is 0 Å². The fraction of sp³-hybridized carbons (Fsp3) is 0.250. The molecule has 0 saturated carbocycles. The Morgan fingerprint density at radius 1 is 1.33 bits per heavy atom.